The first-order chi connectivity index (χ1) is 9.02. The molecule has 1 heterocycles. The number of piperidine rings is 1. The minimum absolute atomic E-state index is 0.245. The molecule has 1 saturated heterocycles. The molecule has 1 aliphatic carbocycles. The van der Waals surface area contributed by atoms with Crippen molar-refractivity contribution in [1.29, 1.82) is 0 Å². The van der Waals surface area contributed by atoms with Crippen LogP contribution < -0.4 is 0 Å². The van der Waals surface area contributed by atoms with Crippen LogP contribution in [-0.2, 0) is 4.79 Å². The van der Waals surface area contributed by atoms with Crippen LogP contribution in [0.3, 0.4) is 0 Å². The smallest absolute Gasteiger partial charge is 0.306 e. The topological polar surface area (TPSA) is 60.8 Å². The van der Waals surface area contributed by atoms with Crippen molar-refractivity contribution in [2.45, 2.75) is 57.5 Å². The maximum atomic E-state index is 10.9. The summed E-state index contributed by atoms with van der Waals surface area (Å²) in [6.07, 6.45) is 6.27. The molecule has 2 fully saturated rings. The van der Waals surface area contributed by atoms with E-state index in [0.717, 1.165) is 25.6 Å². The Balaban J connectivity index is 1.83. The molecule has 2 N–H and O–H groups in total. The molecule has 0 amide bonds. The van der Waals surface area contributed by atoms with Gasteiger partial charge in [-0.1, -0.05) is 13.3 Å². The van der Waals surface area contributed by atoms with Crippen molar-refractivity contribution in [3.8, 4) is 0 Å². The van der Waals surface area contributed by atoms with Gasteiger partial charge in [0.1, 0.15) is 0 Å². The maximum Gasteiger partial charge on any atom is 0.306 e. The van der Waals surface area contributed by atoms with Crippen molar-refractivity contribution in [3.63, 3.8) is 0 Å². The van der Waals surface area contributed by atoms with Gasteiger partial charge in [-0.3, -0.25) is 4.79 Å². The first kappa shape index (κ1) is 14.8. The summed E-state index contributed by atoms with van der Waals surface area (Å²) < 4.78 is 0. The Hall–Kier alpha value is -0.610. The number of likely N-dealkylation sites (tertiary alicyclic amines) is 1. The highest BCUT2D eigenvalue weighted by Gasteiger charge is 2.37. The number of carboxylic acid groups (broad SMARTS) is 1. The van der Waals surface area contributed by atoms with E-state index in [1.54, 1.807) is 0 Å². The minimum Gasteiger partial charge on any atom is -0.481 e. The lowest BCUT2D eigenvalue weighted by atomic mass is 9.78. The van der Waals surface area contributed by atoms with Gasteiger partial charge < -0.3 is 15.1 Å². The van der Waals surface area contributed by atoms with Crippen LogP contribution in [0.5, 0.6) is 0 Å². The van der Waals surface area contributed by atoms with Gasteiger partial charge in [-0.2, -0.15) is 0 Å². The predicted molar refractivity (Wildman–Crippen MR) is 74.0 cm³/mol. The average Bonchev–Trinajstić information content (AvgIpc) is 2.39. The lowest BCUT2D eigenvalue weighted by Gasteiger charge is -2.41. The first-order valence-corrected chi connectivity index (χ1v) is 7.70. The summed E-state index contributed by atoms with van der Waals surface area (Å²) in [5, 5.41) is 19.7. The molecule has 19 heavy (non-hydrogen) atoms. The molecule has 2 aliphatic rings. The SMILES string of the molecule is CCC1CCCN(CC2(O)CCC(C(=O)O)CC2)C1. The van der Waals surface area contributed by atoms with Gasteiger partial charge in [-0.05, 0) is 51.0 Å². The number of hydrogen-bond acceptors (Lipinski definition) is 3. The van der Waals surface area contributed by atoms with Crippen molar-refractivity contribution >= 4 is 5.97 Å². The number of carbonyl (C=O) groups is 1. The number of nitrogens with zero attached hydrogens (tertiary/aromatic N) is 1. The normalized spacial score (nSPS) is 37.2. The third kappa shape index (κ3) is 3.93. The Bertz CT molecular complexity index is 311. The lowest BCUT2D eigenvalue weighted by molar-refractivity contribution is -0.145. The molecule has 2 rings (SSSR count). The van der Waals surface area contributed by atoms with E-state index in [0.29, 0.717) is 25.7 Å². The van der Waals surface area contributed by atoms with Crippen LogP contribution in [0.4, 0.5) is 0 Å². The fourth-order valence-electron chi connectivity index (χ4n) is 3.60. The van der Waals surface area contributed by atoms with Gasteiger partial charge in [0.15, 0.2) is 0 Å². The van der Waals surface area contributed by atoms with Crippen LogP contribution in [0.25, 0.3) is 0 Å². The van der Waals surface area contributed by atoms with Crippen molar-refractivity contribution in [3.05, 3.63) is 0 Å². The average molecular weight is 269 g/mol. The fraction of sp³-hybridized carbons (Fsp3) is 0.933. The van der Waals surface area contributed by atoms with Gasteiger partial charge in [-0.15, -0.1) is 0 Å². The summed E-state index contributed by atoms with van der Waals surface area (Å²) in [5.74, 6) is -0.177. The minimum atomic E-state index is -0.703. The van der Waals surface area contributed by atoms with Crippen LogP contribution in [-0.4, -0.2) is 46.3 Å². The summed E-state index contributed by atoms with van der Waals surface area (Å²) in [4.78, 5) is 13.3. The number of hydrogen-bond donors (Lipinski definition) is 2. The van der Waals surface area contributed by atoms with Gasteiger partial charge in [0, 0.05) is 13.1 Å². The highest BCUT2D eigenvalue weighted by Crippen LogP contribution is 2.34. The zero-order chi connectivity index (χ0) is 13.9. The predicted octanol–water partition coefficient (Wildman–Crippen LogP) is 2.11. The van der Waals surface area contributed by atoms with Crippen molar-refractivity contribution in [2.75, 3.05) is 19.6 Å². The Morgan fingerprint density at radius 3 is 2.58 bits per heavy atom. The monoisotopic (exact) mass is 269 g/mol. The Kier molecular flexibility index (Phi) is 4.85. The third-order valence-electron chi connectivity index (χ3n) is 4.96. The van der Waals surface area contributed by atoms with Crippen LogP contribution in [0.2, 0.25) is 0 Å². The molecule has 0 radical (unpaired) electrons. The van der Waals surface area contributed by atoms with Gasteiger partial charge in [0.25, 0.3) is 0 Å². The molecule has 0 aromatic heterocycles. The Labute approximate surface area is 115 Å². The summed E-state index contributed by atoms with van der Waals surface area (Å²) in [6, 6.07) is 0. The molecule has 110 valence electrons. The van der Waals surface area contributed by atoms with Crippen molar-refractivity contribution in [2.24, 2.45) is 11.8 Å². The van der Waals surface area contributed by atoms with E-state index in [-0.39, 0.29) is 5.92 Å². The van der Waals surface area contributed by atoms with Crippen LogP contribution >= 0.6 is 0 Å². The van der Waals surface area contributed by atoms with E-state index in [4.69, 9.17) is 5.11 Å². The highest BCUT2D eigenvalue weighted by molar-refractivity contribution is 5.70. The lowest BCUT2D eigenvalue weighted by Crippen LogP contribution is -2.49. The molecular weight excluding hydrogens is 242 g/mol. The highest BCUT2D eigenvalue weighted by atomic mass is 16.4. The van der Waals surface area contributed by atoms with E-state index >= 15 is 0 Å². The zero-order valence-electron chi connectivity index (χ0n) is 12.0. The van der Waals surface area contributed by atoms with Gasteiger partial charge in [0.05, 0.1) is 11.5 Å². The number of carboxylic acids is 1. The van der Waals surface area contributed by atoms with E-state index < -0.39 is 11.6 Å². The maximum absolute atomic E-state index is 10.9. The molecular formula is C15H27NO3. The van der Waals surface area contributed by atoms with Crippen LogP contribution in [0, 0.1) is 11.8 Å². The van der Waals surface area contributed by atoms with Gasteiger partial charge >= 0.3 is 5.97 Å². The molecule has 4 nitrogen and oxygen atoms in total. The molecule has 4 heteroatoms. The van der Waals surface area contributed by atoms with Crippen LogP contribution in [0.1, 0.15) is 51.9 Å². The number of aliphatic hydroxyl groups is 1. The number of β-amino-alcohol motifs (C(OH)–C–C–N with tert-alkyl or cyclic N) is 1. The van der Waals surface area contributed by atoms with Gasteiger partial charge in [0.2, 0.25) is 0 Å². The molecule has 0 aromatic carbocycles. The fourth-order valence-corrected chi connectivity index (χ4v) is 3.60. The quantitative estimate of drug-likeness (QED) is 0.820. The van der Waals surface area contributed by atoms with E-state index in [2.05, 4.69) is 11.8 Å². The zero-order valence-corrected chi connectivity index (χ0v) is 12.0. The van der Waals surface area contributed by atoms with Gasteiger partial charge in [-0.25, -0.2) is 0 Å². The summed E-state index contributed by atoms with van der Waals surface area (Å²) in [6.45, 7) is 5.15. The number of aliphatic carboxylic acids is 1. The molecule has 0 bridgehead atoms. The molecule has 1 saturated carbocycles. The molecule has 1 aliphatic heterocycles. The Morgan fingerprint density at radius 2 is 2.00 bits per heavy atom. The molecule has 0 aromatic rings. The van der Waals surface area contributed by atoms with Crippen molar-refractivity contribution < 1.29 is 15.0 Å². The van der Waals surface area contributed by atoms with Crippen molar-refractivity contribution in [1.82, 2.24) is 4.90 Å². The molecule has 0 spiro atoms. The summed E-state index contributed by atoms with van der Waals surface area (Å²) >= 11 is 0. The second-order valence-electron chi connectivity index (χ2n) is 6.49. The van der Waals surface area contributed by atoms with E-state index in [9.17, 15) is 9.90 Å². The second kappa shape index (κ2) is 6.23. The van der Waals surface area contributed by atoms with E-state index in [1.165, 1.54) is 19.3 Å². The molecule has 1 atom stereocenters. The second-order valence-corrected chi connectivity index (χ2v) is 6.49. The summed E-state index contributed by atoms with van der Waals surface area (Å²) in [5.41, 5.74) is -0.651. The standard InChI is InChI=1S/C15H27NO3/c1-2-12-4-3-9-16(10-12)11-15(19)7-5-13(6-8-15)14(17)18/h12-13,19H,2-11H2,1H3,(H,17,18). The Morgan fingerprint density at radius 1 is 1.32 bits per heavy atom. The first-order valence-electron chi connectivity index (χ1n) is 7.70. The molecule has 1 unspecified atom stereocenters. The van der Waals surface area contributed by atoms with Crippen LogP contribution in [0.15, 0.2) is 0 Å². The van der Waals surface area contributed by atoms with E-state index in [1.807, 2.05) is 0 Å². The third-order valence-corrected chi connectivity index (χ3v) is 4.96. The largest absolute Gasteiger partial charge is 0.481 e. The summed E-state index contributed by atoms with van der Waals surface area (Å²) in [7, 11) is 0. The number of rotatable bonds is 4.